The van der Waals surface area contributed by atoms with E-state index in [9.17, 15) is 9.59 Å². The molecule has 1 aliphatic heterocycles. The number of aromatic nitrogens is 2. The van der Waals surface area contributed by atoms with Crippen LogP contribution in [0, 0.1) is 11.2 Å². The fraction of sp³-hybridized carbons (Fsp3) is 0.522. The Balaban J connectivity index is 1.84. The summed E-state index contributed by atoms with van der Waals surface area (Å²) in [6.07, 6.45) is 3.20. The first-order chi connectivity index (χ1) is 14.7. The van der Waals surface area contributed by atoms with Gasteiger partial charge in [0.05, 0.1) is 22.5 Å². The Hall–Kier alpha value is -2.74. The van der Waals surface area contributed by atoms with E-state index in [-0.39, 0.29) is 28.5 Å². The van der Waals surface area contributed by atoms with Crippen molar-refractivity contribution in [3.63, 3.8) is 0 Å². The number of Topliss-reactive ketones (excluding diaryl/α,β-unsaturated/α-hetero) is 1. The second-order valence-corrected chi connectivity index (χ2v) is 9.22. The van der Waals surface area contributed by atoms with Crippen molar-refractivity contribution >= 4 is 17.4 Å². The van der Waals surface area contributed by atoms with Crippen molar-refractivity contribution in [2.45, 2.75) is 58.9 Å². The molecule has 1 amide bonds. The van der Waals surface area contributed by atoms with Gasteiger partial charge in [0.1, 0.15) is 11.5 Å². The zero-order valence-corrected chi connectivity index (χ0v) is 18.3. The maximum Gasteiger partial charge on any atom is 0.250 e. The van der Waals surface area contributed by atoms with Crippen molar-refractivity contribution in [3.8, 4) is 5.69 Å². The van der Waals surface area contributed by atoms with E-state index in [1.54, 1.807) is 10.7 Å². The Morgan fingerprint density at radius 2 is 2.03 bits per heavy atom. The van der Waals surface area contributed by atoms with Gasteiger partial charge in [-0.05, 0) is 43.2 Å². The fourth-order valence-electron chi connectivity index (χ4n) is 4.58. The Morgan fingerprint density at radius 3 is 2.68 bits per heavy atom. The van der Waals surface area contributed by atoms with Crippen molar-refractivity contribution < 1.29 is 18.7 Å². The second kappa shape index (κ2) is 8.07. The van der Waals surface area contributed by atoms with Crippen LogP contribution in [0.1, 0.15) is 72.1 Å². The first kappa shape index (κ1) is 21.5. The number of benzene rings is 1. The first-order valence-electron chi connectivity index (χ1n) is 10.8. The van der Waals surface area contributed by atoms with E-state index in [0.29, 0.717) is 49.4 Å². The predicted molar refractivity (Wildman–Crippen MR) is 115 cm³/mol. The summed E-state index contributed by atoms with van der Waals surface area (Å²) in [5, 5.41) is 7.95. The zero-order chi connectivity index (χ0) is 22.3. The van der Waals surface area contributed by atoms with Crippen LogP contribution in [-0.4, -0.2) is 40.7 Å². The topological polar surface area (TPSA) is 99.2 Å². The molecule has 0 spiro atoms. The number of carbonyl (C=O) groups is 2. The monoisotopic (exact) mass is 428 g/mol. The number of rotatable bonds is 5. The number of fused-ring (bicyclic) bond motifs is 1. The summed E-state index contributed by atoms with van der Waals surface area (Å²) in [7, 11) is 0. The lowest BCUT2D eigenvalue weighted by Gasteiger charge is -2.29. The molecule has 1 aromatic heterocycles. The third-order valence-corrected chi connectivity index (χ3v) is 6.11. The predicted octanol–water partition coefficient (Wildman–Crippen LogP) is 3.42. The number of primary amides is 1. The molecule has 2 aromatic rings. The molecular weight excluding hydrogens is 399 g/mol. The van der Waals surface area contributed by atoms with Crippen LogP contribution >= 0.6 is 0 Å². The molecule has 1 aromatic carbocycles. The lowest BCUT2D eigenvalue weighted by Crippen LogP contribution is -2.30. The Labute approximate surface area is 181 Å². The molecule has 166 valence electrons. The quantitative estimate of drug-likeness (QED) is 0.760. The van der Waals surface area contributed by atoms with Gasteiger partial charge in [0, 0.05) is 31.4 Å². The average Bonchev–Trinajstić information content (AvgIpc) is 3.07. The van der Waals surface area contributed by atoms with Gasteiger partial charge in [-0.1, -0.05) is 20.8 Å². The summed E-state index contributed by atoms with van der Waals surface area (Å²) in [5.41, 5.74) is 8.08. The number of ether oxygens (including phenoxy) is 1. The van der Waals surface area contributed by atoms with E-state index >= 15 is 4.39 Å². The highest BCUT2D eigenvalue weighted by molar-refractivity contribution is 6.00. The first-order valence-corrected chi connectivity index (χ1v) is 10.8. The van der Waals surface area contributed by atoms with Crippen molar-refractivity contribution in [1.82, 2.24) is 9.78 Å². The molecule has 1 fully saturated rings. The number of anilines is 1. The van der Waals surface area contributed by atoms with Crippen LogP contribution < -0.4 is 11.1 Å². The zero-order valence-electron chi connectivity index (χ0n) is 18.3. The summed E-state index contributed by atoms with van der Waals surface area (Å²) in [6.45, 7) is 7.25. The van der Waals surface area contributed by atoms with E-state index in [1.165, 1.54) is 0 Å². The van der Waals surface area contributed by atoms with Crippen molar-refractivity contribution in [2.24, 2.45) is 11.1 Å². The summed E-state index contributed by atoms with van der Waals surface area (Å²) >= 11 is 0. The minimum absolute atomic E-state index is 0.0454. The highest BCUT2D eigenvalue weighted by atomic mass is 19.1. The van der Waals surface area contributed by atoms with Crippen LogP contribution in [0.15, 0.2) is 12.1 Å². The molecule has 2 heterocycles. The number of carbonyl (C=O) groups excluding carboxylic acids is 2. The highest BCUT2D eigenvalue weighted by Gasteiger charge is 2.37. The van der Waals surface area contributed by atoms with Crippen LogP contribution in [0.2, 0.25) is 0 Å². The second-order valence-electron chi connectivity index (χ2n) is 9.22. The molecule has 0 unspecified atom stereocenters. The van der Waals surface area contributed by atoms with Gasteiger partial charge in [-0.25, -0.2) is 9.07 Å². The van der Waals surface area contributed by atoms with E-state index in [2.05, 4.69) is 10.4 Å². The van der Waals surface area contributed by atoms with Crippen LogP contribution in [0.3, 0.4) is 0 Å². The molecule has 7 nitrogen and oxygen atoms in total. The summed E-state index contributed by atoms with van der Waals surface area (Å²) in [6, 6.07) is 2.85. The van der Waals surface area contributed by atoms with E-state index in [4.69, 9.17) is 10.5 Å². The molecule has 2 aliphatic rings. The van der Waals surface area contributed by atoms with Gasteiger partial charge in [0.25, 0.3) is 5.91 Å². The van der Waals surface area contributed by atoms with E-state index in [0.717, 1.165) is 24.6 Å². The number of halogens is 1. The van der Waals surface area contributed by atoms with Gasteiger partial charge in [0.2, 0.25) is 0 Å². The Bertz CT molecular complexity index is 1040. The summed E-state index contributed by atoms with van der Waals surface area (Å²) < 4.78 is 22.2. The third kappa shape index (κ3) is 4.08. The van der Waals surface area contributed by atoms with Crippen LogP contribution in [0.25, 0.3) is 5.69 Å². The number of ketones is 1. The molecule has 8 heteroatoms. The Kier molecular flexibility index (Phi) is 5.60. The molecule has 0 radical (unpaired) electrons. The number of nitrogens with zero attached hydrogens (tertiary/aromatic N) is 2. The van der Waals surface area contributed by atoms with Crippen molar-refractivity contribution in [2.75, 3.05) is 18.5 Å². The van der Waals surface area contributed by atoms with Gasteiger partial charge in [-0.2, -0.15) is 5.10 Å². The van der Waals surface area contributed by atoms with Crippen LogP contribution in [0.5, 0.6) is 0 Å². The van der Waals surface area contributed by atoms with E-state index in [1.807, 2.05) is 20.8 Å². The Morgan fingerprint density at radius 1 is 1.32 bits per heavy atom. The number of hydrogen-bond donors (Lipinski definition) is 2. The SMILES string of the molecule is CCc1nn(-c2cc(NC3CCOCC3)c(C(N)=O)cc2F)c2c1C(=O)CC(C)(C)C2. The number of nitrogens with two attached hydrogens (primary N) is 1. The average molecular weight is 429 g/mol. The largest absolute Gasteiger partial charge is 0.381 e. The molecule has 1 aliphatic carbocycles. The van der Waals surface area contributed by atoms with Gasteiger partial charge >= 0.3 is 0 Å². The minimum atomic E-state index is -0.701. The molecule has 0 bridgehead atoms. The molecule has 0 atom stereocenters. The minimum Gasteiger partial charge on any atom is -0.381 e. The van der Waals surface area contributed by atoms with Gasteiger partial charge in [-0.3, -0.25) is 9.59 Å². The summed E-state index contributed by atoms with van der Waals surface area (Å²) in [5.74, 6) is -1.26. The molecule has 4 rings (SSSR count). The number of hydrogen-bond acceptors (Lipinski definition) is 5. The number of nitrogens with one attached hydrogen (secondary N) is 1. The third-order valence-electron chi connectivity index (χ3n) is 6.11. The number of aryl methyl sites for hydroxylation is 1. The van der Waals surface area contributed by atoms with Gasteiger partial charge < -0.3 is 15.8 Å². The standard InChI is InChI=1S/C23H29FN4O3/c1-4-16-21-19(11-23(2,3)12-20(21)29)28(27-16)18-10-17(14(22(25)30)9-15(18)24)26-13-5-7-31-8-6-13/h9-10,13,26H,4-8,11-12H2,1-3H3,(H2,25,30). The molecule has 3 N–H and O–H groups in total. The molecule has 1 saturated heterocycles. The van der Waals surface area contributed by atoms with Gasteiger partial charge in [-0.15, -0.1) is 0 Å². The van der Waals surface area contributed by atoms with Crippen LogP contribution in [-0.2, 0) is 17.6 Å². The molecular formula is C23H29FN4O3. The molecule has 0 saturated carbocycles. The maximum absolute atomic E-state index is 15.2. The normalized spacial score (nSPS) is 18.6. The van der Waals surface area contributed by atoms with Gasteiger partial charge in [0.15, 0.2) is 5.78 Å². The summed E-state index contributed by atoms with van der Waals surface area (Å²) in [4.78, 5) is 24.8. The van der Waals surface area contributed by atoms with Crippen molar-refractivity contribution in [1.29, 1.82) is 0 Å². The van der Waals surface area contributed by atoms with Crippen LogP contribution in [0.4, 0.5) is 10.1 Å². The number of amides is 1. The smallest absolute Gasteiger partial charge is 0.250 e. The van der Waals surface area contributed by atoms with E-state index < -0.39 is 11.7 Å². The van der Waals surface area contributed by atoms with Crippen molar-refractivity contribution in [3.05, 3.63) is 40.5 Å². The molecule has 31 heavy (non-hydrogen) atoms. The highest BCUT2D eigenvalue weighted by Crippen LogP contribution is 2.38. The lowest BCUT2D eigenvalue weighted by molar-refractivity contribution is 0.0902. The fourth-order valence-corrected chi connectivity index (χ4v) is 4.58. The maximum atomic E-state index is 15.2. The lowest BCUT2D eigenvalue weighted by atomic mass is 9.75.